The topological polar surface area (TPSA) is 37.3 Å². The van der Waals surface area contributed by atoms with Gasteiger partial charge in [-0.1, -0.05) is 32.4 Å². The fourth-order valence-electron chi connectivity index (χ4n) is 1.20. The predicted octanol–water partition coefficient (Wildman–Crippen LogP) is 3.23. The summed E-state index contributed by atoms with van der Waals surface area (Å²) in [6.45, 7) is 4.06. The van der Waals surface area contributed by atoms with Crippen LogP contribution < -0.4 is 0 Å². The standard InChI is InChI=1S/C11H20O2/c1-3-5-6-7-8-9-10(4-2)11(12)13/h6-7,10H,3-5,8-9H2,1-2H3,(H,12,13)/b7-6-. The van der Waals surface area contributed by atoms with Gasteiger partial charge in [-0.05, 0) is 25.7 Å². The van der Waals surface area contributed by atoms with Crippen LogP contribution in [0.25, 0.3) is 0 Å². The predicted molar refractivity (Wildman–Crippen MR) is 54.7 cm³/mol. The number of carboxylic acids is 1. The Morgan fingerprint density at radius 2 is 1.92 bits per heavy atom. The van der Waals surface area contributed by atoms with Gasteiger partial charge in [-0.3, -0.25) is 4.79 Å². The van der Waals surface area contributed by atoms with E-state index in [-0.39, 0.29) is 5.92 Å². The number of hydrogen-bond donors (Lipinski definition) is 1. The molecular formula is C11H20O2. The lowest BCUT2D eigenvalue weighted by Crippen LogP contribution is -2.11. The molecule has 0 fully saturated rings. The molecule has 0 saturated heterocycles. The summed E-state index contributed by atoms with van der Waals surface area (Å²) < 4.78 is 0. The Morgan fingerprint density at radius 1 is 1.31 bits per heavy atom. The van der Waals surface area contributed by atoms with Crippen LogP contribution in [0.2, 0.25) is 0 Å². The molecule has 2 heteroatoms. The second-order valence-corrected chi connectivity index (χ2v) is 3.28. The zero-order valence-corrected chi connectivity index (χ0v) is 8.62. The Morgan fingerprint density at radius 3 is 2.38 bits per heavy atom. The van der Waals surface area contributed by atoms with Gasteiger partial charge in [0.2, 0.25) is 0 Å². The Hall–Kier alpha value is -0.790. The summed E-state index contributed by atoms with van der Waals surface area (Å²) in [4.78, 5) is 10.6. The maximum atomic E-state index is 10.6. The highest BCUT2D eigenvalue weighted by Gasteiger charge is 2.12. The summed E-state index contributed by atoms with van der Waals surface area (Å²) in [7, 11) is 0. The average molecular weight is 184 g/mol. The van der Waals surface area contributed by atoms with Gasteiger partial charge in [0.05, 0.1) is 5.92 Å². The Balaban J connectivity index is 3.55. The lowest BCUT2D eigenvalue weighted by molar-refractivity contribution is -0.142. The van der Waals surface area contributed by atoms with Gasteiger partial charge in [0.25, 0.3) is 0 Å². The van der Waals surface area contributed by atoms with Gasteiger partial charge in [0.15, 0.2) is 0 Å². The van der Waals surface area contributed by atoms with Gasteiger partial charge in [0.1, 0.15) is 0 Å². The normalized spacial score (nSPS) is 13.4. The molecule has 0 bridgehead atoms. The highest BCUT2D eigenvalue weighted by atomic mass is 16.4. The number of hydrogen-bond acceptors (Lipinski definition) is 1. The van der Waals surface area contributed by atoms with Crippen molar-refractivity contribution in [1.82, 2.24) is 0 Å². The van der Waals surface area contributed by atoms with Crippen molar-refractivity contribution in [3.8, 4) is 0 Å². The number of carbonyl (C=O) groups is 1. The summed E-state index contributed by atoms with van der Waals surface area (Å²) in [5, 5.41) is 8.75. The van der Waals surface area contributed by atoms with E-state index in [1.54, 1.807) is 0 Å². The Labute approximate surface area is 80.7 Å². The molecule has 0 heterocycles. The summed E-state index contributed by atoms with van der Waals surface area (Å²) in [6, 6.07) is 0. The van der Waals surface area contributed by atoms with E-state index in [0.29, 0.717) is 0 Å². The molecule has 2 nitrogen and oxygen atoms in total. The highest BCUT2D eigenvalue weighted by Crippen LogP contribution is 2.11. The molecule has 0 aliphatic rings. The smallest absolute Gasteiger partial charge is 0.306 e. The molecule has 1 unspecified atom stereocenters. The maximum Gasteiger partial charge on any atom is 0.306 e. The number of rotatable bonds is 7. The minimum Gasteiger partial charge on any atom is -0.481 e. The van der Waals surface area contributed by atoms with Crippen molar-refractivity contribution in [3.63, 3.8) is 0 Å². The molecule has 0 saturated carbocycles. The summed E-state index contributed by atoms with van der Waals surface area (Å²) in [6.07, 6.45) is 8.88. The molecule has 0 radical (unpaired) electrons. The molecule has 0 aromatic rings. The number of unbranched alkanes of at least 4 members (excludes halogenated alkanes) is 1. The van der Waals surface area contributed by atoms with E-state index in [1.165, 1.54) is 0 Å². The van der Waals surface area contributed by atoms with E-state index in [4.69, 9.17) is 5.11 Å². The van der Waals surface area contributed by atoms with E-state index < -0.39 is 5.97 Å². The summed E-state index contributed by atoms with van der Waals surface area (Å²) in [5.74, 6) is -0.822. The zero-order valence-electron chi connectivity index (χ0n) is 8.62. The van der Waals surface area contributed by atoms with E-state index in [1.807, 2.05) is 6.92 Å². The van der Waals surface area contributed by atoms with Crippen LogP contribution >= 0.6 is 0 Å². The van der Waals surface area contributed by atoms with Crippen molar-refractivity contribution in [2.45, 2.75) is 46.0 Å². The van der Waals surface area contributed by atoms with Crippen LogP contribution in [0, 0.1) is 5.92 Å². The van der Waals surface area contributed by atoms with Crippen LogP contribution in [0.3, 0.4) is 0 Å². The molecule has 0 spiro atoms. The fraction of sp³-hybridized carbons (Fsp3) is 0.727. The minimum atomic E-state index is -0.661. The van der Waals surface area contributed by atoms with Crippen molar-refractivity contribution in [1.29, 1.82) is 0 Å². The van der Waals surface area contributed by atoms with E-state index in [9.17, 15) is 4.79 Å². The molecule has 1 atom stereocenters. The minimum absolute atomic E-state index is 0.161. The third kappa shape index (κ3) is 6.38. The van der Waals surface area contributed by atoms with Gasteiger partial charge in [-0.15, -0.1) is 0 Å². The second-order valence-electron chi connectivity index (χ2n) is 3.28. The first-order chi connectivity index (χ1) is 6.22. The molecule has 0 aromatic carbocycles. The quantitative estimate of drug-likeness (QED) is 0.617. The lowest BCUT2D eigenvalue weighted by Gasteiger charge is -2.06. The highest BCUT2D eigenvalue weighted by molar-refractivity contribution is 5.69. The maximum absolute atomic E-state index is 10.6. The van der Waals surface area contributed by atoms with Crippen LogP contribution in [0.15, 0.2) is 12.2 Å². The third-order valence-electron chi connectivity index (χ3n) is 2.15. The molecule has 0 amide bonds. The molecule has 0 aromatic heterocycles. The largest absolute Gasteiger partial charge is 0.481 e. The Kier molecular flexibility index (Phi) is 7.36. The molecule has 1 N–H and O–H groups in total. The van der Waals surface area contributed by atoms with Crippen molar-refractivity contribution < 1.29 is 9.90 Å². The van der Waals surface area contributed by atoms with Gasteiger partial charge in [0, 0.05) is 0 Å². The van der Waals surface area contributed by atoms with Crippen molar-refractivity contribution in [2.24, 2.45) is 5.92 Å². The van der Waals surface area contributed by atoms with Crippen LogP contribution in [0.4, 0.5) is 0 Å². The van der Waals surface area contributed by atoms with Crippen molar-refractivity contribution in [2.75, 3.05) is 0 Å². The van der Waals surface area contributed by atoms with Crippen LogP contribution in [-0.4, -0.2) is 11.1 Å². The molecule has 0 aliphatic carbocycles. The Bertz CT molecular complexity index is 161. The van der Waals surface area contributed by atoms with Gasteiger partial charge >= 0.3 is 5.97 Å². The number of aliphatic carboxylic acids is 1. The second kappa shape index (κ2) is 7.84. The number of allylic oxidation sites excluding steroid dienone is 2. The molecular weight excluding hydrogens is 164 g/mol. The van der Waals surface area contributed by atoms with E-state index >= 15 is 0 Å². The number of carboxylic acid groups (broad SMARTS) is 1. The van der Waals surface area contributed by atoms with Crippen molar-refractivity contribution in [3.05, 3.63) is 12.2 Å². The van der Waals surface area contributed by atoms with Gasteiger partial charge < -0.3 is 5.11 Å². The first kappa shape index (κ1) is 12.2. The average Bonchev–Trinajstić information content (AvgIpc) is 2.10. The van der Waals surface area contributed by atoms with Crippen LogP contribution in [0.5, 0.6) is 0 Å². The van der Waals surface area contributed by atoms with E-state index in [2.05, 4.69) is 19.1 Å². The molecule has 76 valence electrons. The first-order valence-corrected chi connectivity index (χ1v) is 5.10. The molecule has 0 aliphatic heterocycles. The molecule has 0 rings (SSSR count). The van der Waals surface area contributed by atoms with E-state index in [0.717, 1.165) is 32.1 Å². The zero-order chi connectivity index (χ0) is 10.1. The molecule has 13 heavy (non-hydrogen) atoms. The monoisotopic (exact) mass is 184 g/mol. The SMILES string of the molecule is CCC/C=C\CCC(CC)C(=O)O. The summed E-state index contributed by atoms with van der Waals surface area (Å²) in [5.41, 5.74) is 0. The van der Waals surface area contributed by atoms with Gasteiger partial charge in [-0.25, -0.2) is 0 Å². The van der Waals surface area contributed by atoms with Crippen LogP contribution in [-0.2, 0) is 4.79 Å². The van der Waals surface area contributed by atoms with Crippen molar-refractivity contribution >= 4 is 5.97 Å². The lowest BCUT2D eigenvalue weighted by atomic mass is 10.0. The summed E-state index contributed by atoms with van der Waals surface area (Å²) >= 11 is 0. The van der Waals surface area contributed by atoms with Crippen LogP contribution in [0.1, 0.15) is 46.0 Å². The first-order valence-electron chi connectivity index (χ1n) is 5.10. The fourth-order valence-corrected chi connectivity index (χ4v) is 1.20. The third-order valence-corrected chi connectivity index (χ3v) is 2.15. The van der Waals surface area contributed by atoms with Gasteiger partial charge in [-0.2, -0.15) is 0 Å².